The van der Waals surface area contributed by atoms with Gasteiger partial charge in [0.25, 0.3) is 0 Å². The highest BCUT2D eigenvalue weighted by atomic mass is 15.4. The first-order valence-electron chi connectivity index (χ1n) is 12.2. The maximum absolute atomic E-state index is 6.58. The van der Waals surface area contributed by atoms with E-state index in [9.17, 15) is 0 Å². The van der Waals surface area contributed by atoms with E-state index < -0.39 is 0 Å². The molecule has 9 nitrogen and oxygen atoms in total. The average Bonchev–Trinajstić information content (AvgIpc) is 2.79. The third kappa shape index (κ3) is 5.10. The van der Waals surface area contributed by atoms with E-state index in [0.717, 1.165) is 28.1 Å². The predicted molar refractivity (Wildman–Crippen MR) is 159 cm³/mol. The number of hydrogen-bond acceptors (Lipinski definition) is 9. The molecule has 9 heteroatoms. The summed E-state index contributed by atoms with van der Waals surface area (Å²) in [7, 11) is 0. The van der Waals surface area contributed by atoms with Crippen molar-refractivity contribution in [2.45, 2.75) is 59.3 Å². The molecule has 15 N–H and O–H groups in total. The highest BCUT2D eigenvalue weighted by Gasteiger charge is 2.18. The molecular formula is C27H41N9. The summed E-state index contributed by atoms with van der Waals surface area (Å²) in [5.74, 6) is 0.553. The van der Waals surface area contributed by atoms with Crippen LogP contribution in [0.1, 0.15) is 76.0 Å². The van der Waals surface area contributed by atoms with Gasteiger partial charge in [-0.2, -0.15) is 0 Å². The predicted octanol–water partition coefficient (Wildman–Crippen LogP) is 5.73. The minimum absolute atomic E-state index is 0.176. The third-order valence-corrected chi connectivity index (χ3v) is 6.45. The molecule has 3 aromatic carbocycles. The van der Waals surface area contributed by atoms with E-state index in [1.807, 2.05) is 30.3 Å². The maximum Gasteiger partial charge on any atom is 0.0808 e. The van der Waals surface area contributed by atoms with Gasteiger partial charge in [0, 0.05) is 11.3 Å². The minimum Gasteiger partial charge on any atom is -0.398 e. The molecule has 0 aliphatic rings. The molecule has 0 radical (unpaired) electrons. The van der Waals surface area contributed by atoms with E-state index in [1.165, 1.54) is 0 Å². The van der Waals surface area contributed by atoms with E-state index in [0.29, 0.717) is 45.5 Å². The summed E-state index contributed by atoms with van der Waals surface area (Å²) in [6.45, 7) is 12.4. The van der Waals surface area contributed by atoms with Gasteiger partial charge < -0.3 is 45.1 Å². The number of hydrazine groups is 1. The largest absolute Gasteiger partial charge is 0.398 e. The summed E-state index contributed by atoms with van der Waals surface area (Å²) in [5.41, 5.74) is 53.3. The molecule has 0 amide bonds. The fraction of sp³-hybridized carbons (Fsp3) is 0.333. The van der Waals surface area contributed by atoms with Crippen LogP contribution in [-0.4, -0.2) is 0 Å². The minimum atomic E-state index is 0.176. The third-order valence-electron chi connectivity index (χ3n) is 6.45. The van der Waals surface area contributed by atoms with Crippen molar-refractivity contribution in [3.8, 4) is 0 Å². The number of hydrogen-bond donors (Lipinski definition) is 9. The Kier molecular flexibility index (Phi) is 7.52. The fourth-order valence-corrected chi connectivity index (χ4v) is 4.36. The van der Waals surface area contributed by atoms with Crippen LogP contribution in [0.2, 0.25) is 0 Å². The molecular weight excluding hydrogens is 450 g/mol. The Bertz CT molecular complexity index is 1260. The van der Waals surface area contributed by atoms with Gasteiger partial charge in [-0.15, -0.1) is 0 Å². The molecule has 0 fully saturated rings. The van der Waals surface area contributed by atoms with Crippen molar-refractivity contribution in [1.82, 2.24) is 0 Å². The molecule has 0 bridgehead atoms. The van der Waals surface area contributed by atoms with Gasteiger partial charge in [0.05, 0.1) is 51.2 Å². The Morgan fingerprint density at radius 3 is 1.69 bits per heavy atom. The Morgan fingerprint density at radius 2 is 1.11 bits per heavy atom. The van der Waals surface area contributed by atoms with Crippen molar-refractivity contribution in [3.05, 3.63) is 47.0 Å². The fourth-order valence-electron chi connectivity index (χ4n) is 4.36. The number of nitrogen functional groups attached to an aromatic ring is 6. The highest BCUT2D eigenvalue weighted by molar-refractivity contribution is 5.93. The molecule has 0 aromatic heterocycles. The zero-order chi connectivity index (χ0) is 26.9. The second-order valence-electron chi connectivity index (χ2n) is 10.1. The van der Waals surface area contributed by atoms with Crippen molar-refractivity contribution in [3.63, 3.8) is 0 Å². The van der Waals surface area contributed by atoms with Crippen LogP contribution >= 0.6 is 0 Å². The van der Waals surface area contributed by atoms with Crippen molar-refractivity contribution < 1.29 is 0 Å². The van der Waals surface area contributed by atoms with Crippen molar-refractivity contribution >= 4 is 56.9 Å². The van der Waals surface area contributed by atoms with Crippen molar-refractivity contribution in [2.75, 3.05) is 50.6 Å². The van der Waals surface area contributed by atoms with E-state index >= 15 is 0 Å². The quantitative estimate of drug-likeness (QED) is 0.140. The molecule has 0 unspecified atom stereocenters. The number of rotatable bonds is 8. The Morgan fingerprint density at radius 1 is 0.528 bits per heavy atom. The van der Waals surface area contributed by atoms with Crippen LogP contribution in [0, 0.1) is 0 Å². The monoisotopic (exact) mass is 491 g/mol. The van der Waals surface area contributed by atoms with E-state index in [4.69, 9.17) is 34.4 Å². The molecule has 3 rings (SSSR count). The number of anilines is 10. The molecule has 0 saturated carbocycles. The smallest absolute Gasteiger partial charge is 0.0808 e. The molecule has 0 aliphatic carbocycles. The van der Waals surface area contributed by atoms with Gasteiger partial charge >= 0.3 is 0 Å². The molecule has 36 heavy (non-hydrogen) atoms. The Balaban J connectivity index is 2.00. The van der Waals surface area contributed by atoms with Crippen LogP contribution < -0.4 is 50.6 Å². The average molecular weight is 492 g/mol. The van der Waals surface area contributed by atoms with Gasteiger partial charge in [-0.3, -0.25) is 5.43 Å². The molecule has 3 aromatic rings. The molecule has 0 atom stereocenters. The van der Waals surface area contributed by atoms with Crippen LogP contribution in [0.3, 0.4) is 0 Å². The SMILES string of the molecule is CC(C)c1cc(NNc2ccc(N)c(C(C)C)c2N)cc(Nc2cc(C(C)C)c(N)c(N)c2N)c1N. The lowest BCUT2D eigenvalue weighted by molar-refractivity contribution is 0.870. The lowest BCUT2D eigenvalue weighted by Crippen LogP contribution is -2.14. The maximum atomic E-state index is 6.58. The molecule has 0 spiro atoms. The summed E-state index contributed by atoms with van der Waals surface area (Å²) < 4.78 is 0. The lowest BCUT2D eigenvalue weighted by Gasteiger charge is -2.22. The van der Waals surface area contributed by atoms with E-state index in [-0.39, 0.29) is 17.8 Å². The first-order chi connectivity index (χ1) is 16.8. The van der Waals surface area contributed by atoms with Crippen molar-refractivity contribution in [1.29, 1.82) is 0 Å². The Hall–Kier alpha value is -4.14. The van der Waals surface area contributed by atoms with Gasteiger partial charge in [-0.25, -0.2) is 0 Å². The zero-order valence-corrected chi connectivity index (χ0v) is 22.1. The number of benzene rings is 3. The first-order valence-corrected chi connectivity index (χ1v) is 12.2. The topological polar surface area (TPSA) is 192 Å². The summed E-state index contributed by atoms with van der Waals surface area (Å²) in [5, 5.41) is 3.39. The Labute approximate surface area is 213 Å². The van der Waals surface area contributed by atoms with Gasteiger partial charge in [-0.1, -0.05) is 41.5 Å². The van der Waals surface area contributed by atoms with Crippen LogP contribution in [0.5, 0.6) is 0 Å². The van der Waals surface area contributed by atoms with Gasteiger partial charge in [-0.05, 0) is 59.2 Å². The summed E-state index contributed by atoms with van der Waals surface area (Å²) in [6.07, 6.45) is 0. The number of nitrogens with one attached hydrogen (secondary N) is 3. The molecule has 0 saturated heterocycles. The number of nitrogens with two attached hydrogens (primary N) is 6. The van der Waals surface area contributed by atoms with Crippen LogP contribution in [0.15, 0.2) is 30.3 Å². The van der Waals surface area contributed by atoms with Crippen LogP contribution in [-0.2, 0) is 0 Å². The van der Waals surface area contributed by atoms with Gasteiger partial charge in [0.15, 0.2) is 0 Å². The molecule has 194 valence electrons. The second kappa shape index (κ2) is 10.2. The standard InChI is InChI=1S/C27H41N9/c1-12(2)16-9-15(35-36-19-8-7-18(28)22(14(5)6)25(19)31)10-20(23(16)29)34-21-11-17(13(3)4)24(30)27(33)26(21)32/h7-14,34-36H,28-33H2,1-6H3. The second-order valence-corrected chi connectivity index (χ2v) is 10.1. The first kappa shape index (κ1) is 26.5. The van der Waals surface area contributed by atoms with Crippen LogP contribution in [0.25, 0.3) is 0 Å². The van der Waals surface area contributed by atoms with Crippen molar-refractivity contribution in [2.24, 2.45) is 0 Å². The van der Waals surface area contributed by atoms with Gasteiger partial charge in [0.2, 0.25) is 0 Å². The highest BCUT2D eigenvalue weighted by Crippen LogP contribution is 2.41. The summed E-state index contributed by atoms with van der Waals surface area (Å²) in [6, 6.07) is 9.56. The van der Waals surface area contributed by atoms with Gasteiger partial charge in [0.1, 0.15) is 0 Å². The molecule has 0 aliphatic heterocycles. The zero-order valence-electron chi connectivity index (χ0n) is 22.1. The van der Waals surface area contributed by atoms with E-state index in [2.05, 4.69) is 57.7 Å². The van der Waals surface area contributed by atoms with Crippen LogP contribution in [0.4, 0.5) is 56.9 Å². The molecule has 0 heterocycles. The normalized spacial score (nSPS) is 11.4. The lowest BCUT2D eigenvalue weighted by atomic mass is 9.97. The summed E-state index contributed by atoms with van der Waals surface area (Å²) >= 11 is 0. The summed E-state index contributed by atoms with van der Waals surface area (Å²) in [4.78, 5) is 0. The van der Waals surface area contributed by atoms with E-state index in [1.54, 1.807) is 0 Å².